The molecule has 0 fully saturated rings. The van der Waals surface area contributed by atoms with Gasteiger partial charge in [-0.2, -0.15) is 0 Å². The number of hydrogen-bond donors (Lipinski definition) is 0. The van der Waals surface area contributed by atoms with Crippen molar-refractivity contribution in [2.45, 2.75) is 19.4 Å². The molecule has 0 N–H and O–H groups in total. The number of aldehydes is 1. The zero-order valence-corrected chi connectivity index (χ0v) is 14.9. The third-order valence-corrected chi connectivity index (χ3v) is 3.93. The first-order valence-corrected chi connectivity index (χ1v) is 7.97. The quantitative estimate of drug-likeness (QED) is 0.534. The van der Waals surface area contributed by atoms with Crippen molar-refractivity contribution in [3.05, 3.63) is 59.2 Å². The summed E-state index contributed by atoms with van der Waals surface area (Å²) in [5.41, 5.74) is 1.05. The van der Waals surface area contributed by atoms with Crippen molar-refractivity contribution < 1.29 is 28.6 Å². The number of Topliss-reactive ketones (excluding diaryl/α,β-unsaturated/α-hetero) is 1. The first kappa shape index (κ1) is 19.2. The summed E-state index contributed by atoms with van der Waals surface area (Å²) in [5, 5.41) is 0. The Kier molecular flexibility index (Phi) is 6.49. The van der Waals surface area contributed by atoms with E-state index in [-0.39, 0.29) is 17.8 Å². The van der Waals surface area contributed by atoms with Crippen LogP contribution >= 0.6 is 0 Å². The van der Waals surface area contributed by atoms with Crippen molar-refractivity contribution >= 4 is 18.0 Å². The van der Waals surface area contributed by atoms with E-state index < -0.39 is 12.1 Å². The number of methoxy groups -OCH3 is 2. The molecule has 136 valence electrons. The molecule has 6 heteroatoms. The number of esters is 1. The minimum Gasteiger partial charge on any atom is -0.496 e. The monoisotopic (exact) mass is 356 g/mol. The van der Waals surface area contributed by atoms with Gasteiger partial charge in [-0.05, 0) is 31.2 Å². The van der Waals surface area contributed by atoms with Crippen LogP contribution in [0.1, 0.15) is 33.2 Å². The number of carbonyl (C=O) groups is 3. The van der Waals surface area contributed by atoms with Crippen LogP contribution in [0.5, 0.6) is 11.5 Å². The van der Waals surface area contributed by atoms with Gasteiger partial charge in [-0.25, -0.2) is 4.79 Å². The molecule has 6 nitrogen and oxygen atoms in total. The Bertz CT molecular complexity index is 797. The van der Waals surface area contributed by atoms with E-state index >= 15 is 0 Å². The number of carbonyl (C=O) groups excluding carboxylic acids is 3. The van der Waals surface area contributed by atoms with Crippen LogP contribution in [0.15, 0.2) is 42.5 Å². The van der Waals surface area contributed by atoms with Crippen molar-refractivity contribution in [2.24, 2.45) is 0 Å². The highest BCUT2D eigenvalue weighted by Crippen LogP contribution is 2.31. The number of rotatable bonds is 8. The maximum absolute atomic E-state index is 12.3. The molecule has 0 aliphatic rings. The standard InChI is InChI=1S/C20H20O6/c1-13(22)19(26-20(23)14-7-5-4-6-8-14)11-15-16(12-21)18(25-3)10-9-17(15)24-2/h4-10,12,19H,11H2,1-3H3. The van der Waals surface area contributed by atoms with Gasteiger partial charge in [0.2, 0.25) is 0 Å². The lowest BCUT2D eigenvalue weighted by molar-refractivity contribution is -0.125. The Labute approximate surface area is 151 Å². The highest BCUT2D eigenvalue weighted by Gasteiger charge is 2.25. The van der Waals surface area contributed by atoms with E-state index in [1.807, 2.05) is 0 Å². The summed E-state index contributed by atoms with van der Waals surface area (Å²) in [5.74, 6) is -0.182. The molecule has 2 aromatic carbocycles. The molecule has 0 aliphatic heterocycles. The molecular weight excluding hydrogens is 336 g/mol. The molecule has 0 heterocycles. The highest BCUT2D eigenvalue weighted by atomic mass is 16.5. The number of hydrogen-bond acceptors (Lipinski definition) is 6. The molecule has 0 saturated carbocycles. The summed E-state index contributed by atoms with van der Waals surface area (Å²) in [4.78, 5) is 35.9. The lowest BCUT2D eigenvalue weighted by atomic mass is 9.98. The lowest BCUT2D eigenvalue weighted by Crippen LogP contribution is -2.28. The summed E-state index contributed by atoms with van der Waals surface area (Å²) in [6.07, 6.45) is -0.419. The second-order valence-corrected chi connectivity index (χ2v) is 5.55. The molecule has 0 bridgehead atoms. The van der Waals surface area contributed by atoms with Crippen LogP contribution in [-0.2, 0) is 16.0 Å². The van der Waals surface area contributed by atoms with E-state index in [9.17, 15) is 14.4 Å². The fourth-order valence-corrected chi connectivity index (χ4v) is 2.56. The van der Waals surface area contributed by atoms with E-state index in [0.29, 0.717) is 28.9 Å². The molecule has 26 heavy (non-hydrogen) atoms. The average Bonchev–Trinajstić information content (AvgIpc) is 2.67. The van der Waals surface area contributed by atoms with E-state index in [1.54, 1.807) is 42.5 Å². The molecule has 2 aromatic rings. The Balaban J connectivity index is 2.34. The number of ketones is 1. The number of benzene rings is 2. The zero-order chi connectivity index (χ0) is 19.1. The Morgan fingerprint density at radius 3 is 2.15 bits per heavy atom. The van der Waals surface area contributed by atoms with Gasteiger partial charge < -0.3 is 14.2 Å². The van der Waals surface area contributed by atoms with Gasteiger partial charge in [-0.3, -0.25) is 9.59 Å². The maximum atomic E-state index is 12.3. The fourth-order valence-electron chi connectivity index (χ4n) is 2.56. The van der Waals surface area contributed by atoms with E-state index in [4.69, 9.17) is 14.2 Å². The Morgan fingerprint density at radius 1 is 1.00 bits per heavy atom. The summed E-state index contributed by atoms with van der Waals surface area (Å²) in [6.45, 7) is 1.33. The van der Waals surface area contributed by atoms with Gasteiger partial charge in [0, 0.05) is 12.0 Å². The van der Waals surface area contributed by atoms with Crippen molar-refractivity contribution in [2.75, 3.05) is 14.2 Å². The minimum atomic E-state index is -1.05. The predicted molar refractivity (Wildman–Crippen MR) is 95.0 cm³/mol. The summed E-state index contributed by atoms with van der Waals surface area (Å²) < 4.78 is 15.9. The van der Waals surface area contributed by atoms with Crippen LogP contribution in [0, 0.1) is 0 Å². The van der Waals surface area contributed by atoms with Crippen LogP contribution in [0.25, 0.3) is 0 Å². The third-order valence-electron chi connectivity index (χ3n) is 3.93. The first-order chi connectivity index (χ1) is 12.5. The molecule has 0 saturated heterocycles. The molecule has 1 atom stereocenters. The molecule has 1 unspecified atom stereocenters. The van der Waals surface area contributed by atoms with E-state index in [0.717, 1.165) is 0 Å². The predicted octanol–water partition coefficient (Wildman–Crippen LogP) is 2.87. The molecule has 2 rings (SSSR count). The smallest absolute Gasteiger partial charge is 0.338 e. The van der Waals surface area contributed by atoms with Crippen molar-refractivity contribution in [3.63, 3.8) is 0 Å². The van der Waals surface area contributed by atoms with Gasteiger partial charge in [0.25, 0.3) is 0 Å². The van der Waals surface area contributed by atoms with Crippen LogP contribution in [0.3, 0.4) is 0 Å². The second-order valence-electron chi connectivity index (χ2n) is 5.55. The van der Waals surface area contributed by atoms with Gasteiger partial charge in [0.15, 0.2) is 18.2 Å². The van der Waals surface area contributed by atoms with Gasteiger partial charge in [0.05, 0.1) is 25.3 Å². The van der Waals surface area contributed by atoms with Crippen molar-refractivity contribution in [1.29, 1.82) is 0 Å². The second kappa shape index (κ2) is 8.80. The minimum absolute atomic E-state index is 0.00233. The zero-order valence-electron chi connectivity index (χ0n) is 14.9. The molecule has 0 aliphatic carbocycles. The topological polar surface area (TPSA) is 78.9 Å². The van der Waals surface area contributed by atoms with Crippen LogP contribution in [0.2, 0.25) is 0 Å². The Morgan fingerprint density at radius 2 is 1.62 bits per heavy atom. The number of ether oxygens (including phenoxy) is 3. The van der Waals surface area contributed by atoms with Gasteiger partial charge in [-0.1, -0.05) is 18.2 Å². The van der Waals surface area contributed by atoms with Crippen LogP contribution in [0.4, 0.5) is 0 Å². The SMILES string of the molecule is COc1ccc(OC)c(CC(OC(=O)c2ccccc2)C(C)=O)c1C=O. The molecule has 0 radical (unpaired) electrons. The van der Waals surface area contributed by atoms with Crippen molar-refractivity contribution in [1.82, 2.24) is 0 Å². The van der Waals surface area contributed by atoms with Gasteiger partial charge in [-0.15, -0.1) is 0 Å². The Hall–Kier alpha value is -3.15. The molecular formula is C20H20O6. The summed E-state index contributed by atoms with van der Waals surface area (Å²) >= 11 is 0. The van der Waals surface area contributed by atoms with Gasteiger partial charge in [0.1, 0.15) is 11.5 Å². The molecule has 0 spiro atoms. The normalized spacial score (nSPS) is 11.3. The first-order valence-electron chi connectivity index (χ1n) is 7.97. The van der Waals surface area contributed by atoms with E-state index in [2.05, 4.69) is 0 Å². The van der Waals surface area contributed by atoms with Crippen molar-refractivity contribution in [3.8, 4) is 11.5 Å². The fraction of sp³-hybridized carbons (Fsp3) is 0.250. The summed E-state index contributed by atoms with van der Waals surface area (Å²) in [7, 11) is 2.90. The van der Waals surface area contributed by atoms with Crippen LogP contribution < -0.4 is 9.47 Å². The maximum Gasteiger partial charge on any atom is 0.338 e. The molecule has 0 amide bonds. The highest BCUT2D eigenvalue weighted by molar-refractivity contribution is 5.92. The summed E-state index contributed by atoms with van der Waals surface area (Å²) in [6, 6.07) is 11.6. The van der Waals surface area contributed by atoms with Crippen LogP contribution in [-0.4, -0.2) is 38.4 Å². The third kappa shape index (κ3) is 4.27. The molecule has 0 aromatic heterocycles. The van der Waals surface area contributed by atoms with E-state index in [1.165, 1.54) is 21.1 Å². The average molecular weight is 356 g/mol. The van der Waals surface area contributed by atoms with Gasteiger partial charge >= 0.3 is 5.97 Å². The largest absolute Gasteiger partial charge is 0.496 e. The lowest BCUT2D eigenvalue weighted by Gasteiger charge is -2.19.